The molecular formula is C23H33N3O2S. The van der Waals surface area contributed by atoms with Crippen molar-refractivity contribution in [3.63, 3.8) is 0 Å². The number of amides is 1. The Kier molecular flexibility index (Phi) is 5.94. The summed E-state index contributed by atoms with van der Waals surface area (Å²) in [6.07, 6.45) is 9.29. The molecule has 29 heavy (non-hydrogen) atoms. The Morgan fingerprint density at radius 2 is 2.21 bits per heavy atom. The molecule has 0 radical (unpaired) electrons. The number of thioether (sulfide) groups is 1. The van der Waals surface area contributed by atoms with Crippen molar-refractivity contribution >= 4 is 23.4 Å². The van der Waals surface area contributed by atoms with Crippen molar-refractivity contribution in [2.24, 2.45) is 28.1 Å². The molecule has 0 aromatic heterocycles. The van der Waals surface area contributed by atoms with E-state index in [1.54, 1.807) is 11.8 Å². The number of nitrogens with two attached hydrogens (primary N) is 1. The van der Waals surface area contributed by atoms with Crippen molar-refractivity contribution in [1.29, 1.82) is 0 Å². The predicted octanol–water partition coefficient (Wildman–Crippen LogP) is 3.80. The summed E-state index contributed by atoms with van der Waals surface area (Å²) in [6.45, 7) is 2.35. The number of hydrazone groups is 1. The van der Waals surface area contributed by atoms with Crippen molar-refractivity contribution in [3.05, 3.63) is 29.3 Å². The molecule has 5 atom stereocenters. The topological polar surface area (TPSA) is 87.7 Å². The maximum atomic E-state index is 12.3. The normalized spacial score (nSPS) is 32.9. The lowest BCUT2D eigenvalue weighted by molar-refractivity contribution is -0.122. The second-order valence-corrected chi connectivity index (χ2v) is 10.2. The maximum absolute atomic E-state index is 12.3. The highest BCUT2D eigenvalue weighted by Crippen LogP contribution is 2.59. The summed E-state index contributed by atoms with van der Waals surface area (Å²) in [6, 6.07) is 5.45. The number of fused-ring (bicyclic) bond motifs is 5. The Hall–Kier alpha value is -1.53. The Balaban J connectivity index is 1.48. The fourth-order valence-corrected chi connectivity index (χ4v) is 6.61. The third-order valence-electron chi connectivity index (χ3n) is 7.72. The number of phenolic OH excluding ortho intramolecular Hbond substituents is 1. The van der Waals surface area contributed by atoms with Gasteiger partial charge in [0.2, 0.25) is 0 Å². The van der Waals surface area contributed by atoms with Crippen LogP contribution in [0.4, 0.5) is 0 Å². The van der Waals surface area contributed by atoms with E-state index in [9.17, 15) is 9.90 Å². The Morgan fingerprint density at radius 3 is 3.00 bits per heavy atom. The summed E-state index contributed by atoms with van der Waals surface area (Å²) >= 11 is 1.70. The third kappa shape index (κ3) is 3.81. The van der Waals surface area contributed by atoms with Gasteiger partial charge < -0.3 is 10.8 Å². The van der Waals surface area contributed by atoms with Gasteiger partial charge in [-0.05, 0) is 98.0 Å². The quantitative estimate of drug-likeness (QED) is 0.638. The van der Waals surface area contributed by atoms with E-state index >= 15 is 0 Å². The Bertz CT molecular complexity index is 811. The summed E-state index contributed by atoms with van der Waals surface area (Å²) in [4.78, 5) is 12.3. The molecule has 0 spiro atoms. The minimum Gasteiger partial charge on any atom is -0.508 e. The van der Waals surface area contributed by atoms with Crippen LogP contribution < -0.4 is 11.2 Å². The van der Waals surface area contributed by atoms with Crippen molar-refractivity contribution in [2.45, 2.75) is 63.8 Å². The number of hydrogen-bond acceptors (Lipinski definition) is 5. The van der Waals surface area contributed by atoms with Gasteiger partial charge in [0.25, 0.3) is 5.91 Å². The molecule has 4 rings (SSSR count). The molecule has 2 fully saturated rings. The number of rotatable bonds is 5. The van der Waals surface area contributed by atoms with E-state index in [0.29, 0.717) is 29.9 Å². The second kappa shape index (κ2) is 8.31. The minimum atomic E-state index is -0.487. The molecule has 0 unspecified atom stereocenters. The van der Waals surface area contributed by atoms with Crippen LogP contribution in [-0.4, -0.2) is 34.8 Å². The molecule has 1 aromatic rings. The van der Waals surface area contributed by atoms with Gasteiger partial charge in [0.1, 0.15) is 5.75 Å². The molecule has 0 saturated heterocycles. The van der Waals surface area contributed by atoms with E-state index in [-0.39, 0.29) is 11.3 Å². The highest BCUT2D eigenvalue weighted by atomic mass is 32.2. The van der Waals surface area contributed by atoms with Crippen molar-refractivity contribution in [1.82, 2.24) is 5.43 Å². The fourth-order valence-electron chi connectivity index (χ4n) is 6.12. The molecule has 5 nitrogen and oxygen atoms in total. The lowest BCUT2D eigenvalue weighted by Crippen LogP contribution is -2.44. The Morgan fingerprint density at radius 1 is 1.38 bits per heavy atom. The van der Waals surface area contributed by atoms with Crippen molar-refractivity contribution in [2.75, 3.05) is 12.0 Å². The highest BCUT2D eigenvalue weighted by Gasteiger charge is 2.53. The van der Waals surface area contributed by atoms with E-state index in [1.165, 1.54) is 17.5 Å². The van der Waals surface area contributed by atoms with Crippen LogP contribution >= 0.6 is 11.8 Å². The van der Waals surface area contributed by atoms with Crippen LogP contribution in [0.2, 0.25) is 0 Å². The van der Waals surface area contributed by atoms with Gasteiger partial charge in [0, 0.05) is 11.1 Å². The number of aromatic hydroxyl groups is 1. The van der Waals surface area contributed by atoms with Crippen molar-refractivity contribution < 1.29 is 9.90 Å². The first-order valence-electron chi connectivity index (χ1n) is 10.9. The highest BCUT2D eigenvalue weighted by molar-refractivity contribution is 7.98. The molecule has 1 amide bonds. The van der Waals surface area contributed by atoms with Crippen LogP contribution in [0.5, 0.6) is 5.75 Å². The summed E-state index contributed by atoms with van der Waals surface area (Å²) in [5.41, 5.74) is 12.8. The number of benzene rings is 1. The van der Waals surface area contributed by atoms with E-state index in [4.69, 9.17) is 5.73 Å². The first-order chi connectivity index (χ1) is 13.9. The lowest BCUT2D eigenvalue weighted by atomic mass is 9.55. The molecule has 6 heteroatoms. The standard InChI is InChI=1S/C23H33N3O2S/c1-23-11-9-17-16-6-4-15(27)13-14(16)3-5-18(17)19(23)7-8-21(23)25-26-22(28)20(24)10-12-29-2/h4,6,13,17-20,27H,3,5,7-12,24H2,1-2H3,(H,26,28)/b25-21+/t17-,18-,19+,20+,23+/m1/s1. The molecule has 1 aromatic carbocycles. The zero-order valence-electron chi connectivity index (χ0n) is 17.5. The van der Waals surface area contributed by atoms with Crippen LogP contribution in [0.15, 0.2) is 23.3 Å². The molecular weight excluding hydrogens is 382 g/mol. The van der Waals surface area contributed by atoms with Gasteiger partial charge in [-0.3, -0.25) is 4.79 Å². The lowest BCUT2D eigenvalue weighted by Gasteiger charge is -2.49. The smallest absolute Gasteiger partial charge is 0.256 e. The molecule has 3 aliphatic carbocycles. The number of phenols is 1. The van der Waals surface area contributed by atoms with Gasteiger partial charge in [0.15, 0.2) is 0 Å². The number of hydrogen-bond donors (Lipinski definition) is 3. The van der Waals surface area contributed by atoms with E-state index in [1.807, 2.05) is 18.4 Å². The molecule has 2 saturated carbocycles. The van der Waals surface area contributed by atoms with Gasteiger partial charge in [-0.25, -0.2) is 5.43 Å². The minimum absolute atomic E-state index is 0.0756. The SMILES string of the molecule is CSCC[C@H](N)C(=O)N/N=C1\CC[C@H]2[C@@H]3CCc4cc(O)ccc4[C@H]3CC[C@]12C. The molecule has 158 valence electrons. The first kappa shape index (κ1) is 20.7. The second-order valence-electron chi connectivity index (χ2n) is 9.22. The zero-order valence-corrected chi connectivity index (χ0v) is 18.3. The number of carbonyl (C=O) groups excluding carboxylic acids is 1. The molecule has 0 aliphatic heterocycles. The maximum Gasteiger partial charge on any atom is 0.256 e. The average molecular weight is 416 g/mol. The van der Waals surface area contributed by atoms with Gasteiger partial charge >= 0.3 is 0 Å². The van der Waals surface area contributed by atoms with Gasteiger partial charge in [-0.1, -0.05) is 13.0 Å². The summed E-state index contributed by atoms with van der Waals surface area (Å²) in [5, 5.41) is 14.4. The van der Waals surface area contributed by atoms with Gasteiger partial charge in [0.05, 0.1) is 6.04 Å². The van der Waals surface area contributed by atoms with E-state index < -0.39 is 6.04 Å². The zero-order chi connectivity index (χ0) is 20.6. The van der Waals surface area contributed by atoms with Crippen molar-refractivity contribution in [3.8, 4) is 5.75 Å². The number of nitrogens with one attached hydrogen (secondary N) is 1. The number of nitrogens with zero attached hydrogens (tertiary/aromatic N) is 1. The molecule has 0 heterocycles. The summed E-state index contributed by atoms with van der Waals surface area (Å²) < 4.78 is 0. The van der Waals surface area contributed by atoms with E-state index in [0.717, 1.165) is 43.6 Å². The average Bonchev–Trinajstić information content (AvgIpc) is 3.06. The van der Waals surface area contributed by atoms with Crippen LogP contribution in [0.3, 0.4) is 0 Å². The number of carbonyl (C=O) groups is 1. The molecule has 3 aliphatic rings. The number of aryl methyl sites for hydroxylation is 1. The Labute approximate surface area is 177 Å². The van der Waals surface area contributed by atoms with Crippen LogP contribution in [0.25, 0.3) is 0 Å². The summed E-state index contributed by atoms with van der Waals surface area (Å²) in [5.74, 6) is 2.96. The molecule has 4 N–H and O–H groups in total. The first-order valence-corrected chi connectivity index (χ1v) is 12.3. The van der Waals surface area contributed by atoms with Crippen LogP contribution in [-0.2, 0) is 11.2 Å². The van der Waals surface area contributed by atoms with Gasteiger partial charge in [-0.2, -0.15) is 16.9 Å². The van der Waals surface area contributed by atoms with Crippen LogP contribution in [0.1, 0.15) is 62.5 Å². The fraction of sp³-hybridized carbons (Fsp3) is 0.652. The van der Waals surface area contributed by atoms with Gasteiger partial charge in [-0.15, -0.1) is 0 Å². The largest absolute Gasteiger partial charge is 0.508 e. The monoisotopic (exact) mass is 415 g/mol. The van der Waals surface area contributed by atoms with Crippen LogP contribution in [0, 0.1) is 17.3 Å². The van der Waals surface area contributed by atoms with E-state index in [2.05, 4.69) is 23.5 Å². The third-order valence-corrected chi connectivity index (χ3v) is 8.37. The summed E-state index contributed by atoms with van der Waals surface area (Å²) in [7, 11) is 0. The molecule has 0 bridgehead atoms. The predicted molar refractivity (Wildman–Crippen MR) is 119 cm³/mol.